The zero-order chi connectivity index (χ0) is 10.6. The highest BCUT2D eigenvalue weighted by molar-refractivity contribution is 9.09. The molecule has 0 amide bonds. The minimum Gasteiger partial charge on any atom is -0.0921 e. The van der Waals surface area contributed by atoms with Crippen LogP contribution in [0.1, 0.15) is 31.2 Å². The second kappa shape index (κ2) is 5.99. The molecule has 0 saturated heterocycles. The van der Waals surface area contributed by atoms with Gasteiger partial charge in [-0.05, 0) is 30.0 Å². The Kier molecular flexibility index (Phi) is 5.29. The molecule has 0 N–H and O–H groups in total. The smallest absolute Gasteiger partial charge is 0.0455 e. The van der Waals surface area contributed by atoms with Gasteiger partial charge in [0.15, 0.2) is 0 Å². The summed E-state index contributed by atoms with van der Waals surface area (Å²) in [5, 5.41) is 2.42. The van der Waals surface area contributed by atoms with Gasteiger partial charge in [-0.15, -0.1) is 0 Å². The maximum Gasteiger partial charge on any atom is 0.0455 e. The number of hydrogen-bond acceptors (Lipinski definition) is 0. The second-order valence-electron chi connectivity index (χ2n) is 3.31. The second-order valence-corrected chi connectivity index (χ2v) is 4.80. The molecule has 0 aliphatic heterocycles. The highest BCUT2D eigenvalue weighted by Crippen LogP contribution is 2.31. The lowest BCUT2D eigenvalue weighted by Crippen LogP contribution is -2.00. The van der Waals surface area contributed by atoms with Gasteiger partial charge in [-0.3, -0.25) is 0 Å². The average Bonchev–Trinajstić information content (AvgIpc) is 2.15. The Morgan fingerprint density at radius 3 is 2.57 bits per heavy atom. The maximum atomic E-state index is 6.13. The SMILES string of the molecule is CCCC(CBr)c1ccc(Cl)cc1Cl. The van der Waals surface area contributed by atoms with Gasteiger partial charge >= 0.3 is 0 Å². The molecule has 3 heteroatoms. The van der Waals surface area contributed by atoms with Crippen LogP contribution in [0.3, 0.4) is 0 Å². The van der Waals surface area contributed by atoms with E-state index in [4.69, 9.17) is 23.2 Å². The fourth-order valence-electron chi connectivity index (χ4n) is 1.50. The van der Waals surface area contributed by atoms with Gasteiger partial charge in [-0.25, -0.2) is 0 Å². The molecule has 1 rings (SSSR count). The highest BCUT2D eigenvalue weighted by atomic mass is 79.9. The molecule has 78 valence electrons. The molecule has 0 aliphatic carbocycles. The van der Waals surface area contributed by atoms with Crippen molar-refractivity contribution in [1.29, 1.82) is 0 Å². The Balaban J connectivity index is 2.92. The predicted octanol–water partition coefficient (Wildman–Crippen LogP) is 5.27. The van der Waals surface area contributed by atoms with Gasteiger partial charge in [0, 0.05) is 15.4 Å². The third kappa shape index (κ3) is 3.15. The van der Waals surface area contributed by atoms with Crippen LogP contribution in [0.4, 0.5) is 0 Å². The molecule has 0 bridgehead atoms. The molecule has 0 aromatic heterocycles. The summed E-state index contributed by atoms with van der Waals surface area (Å²) in [4.78, 5) is 0. The van der Waals surface area contributed by atoms with Crippen molar-refractivity contribution < 1.29 is 0 Å². The van der Waals surface area contributed by atoms with Gasteiger partial charge in [0.2, 0.25) is 0 Å². The van der Waals surface area contributed by atoms with Gasteiger partial charge in [0.1, 0.15) is 0 Å². The number of rotatable bonds is 4. The van der Waals surface area contributed by atoms with Gasteiger partial charge in [0.25, 0.3) is 0 Å². The van der Waals surface area contributed by atoms with E-state index >= 15 is 0 Å². The highest BCUT2D eigenvalue weighted by Gasteiger charge is 2.12. The Morgan fingerprint density at radius 2 is 2.07 bits per heavy atom. The Bertz CT molecular complexity index is 299. The zero-order valence-electron chi connectivity index (χ0n) is 8.06. The molecule has 1 unspecified atom stereocenters. The lowest BCUT2D eigenvalue weighted by molar-refractivity contribution is 0.676. The first kappa shape index (κ1) is 12.4. The van der Waals surface area contributed by atoms with Crippen molar-refractivity contribution >= 4 is 39.1 Å². The quantitative estimate of drug-likeness (QED) is 0.664. The normalized spacial score (nSPS) is 12.9. The fourth-order valence-corrected chi connectivity index (χ4v) is 2.73. The van der Waals surface area contributed by atoms with Gasteiger partial charge in [-0.2, -0.15) is 0 Å². The molecule has 14 heavy (non-hydrogen) atoms. The lowest BCUT2D eigenvalue weighted by atomic mass is 9.96. The van der Waals surface area contributed by atoms with E-state index in [1.54, 1.807) is 0 Å². The summed E-state index contributed by atoms with van der Waals surface area (Å²) < 4.78 is 0. The molecule has 0 radical (unpaired) electrons. The Labute approximate surface area is 104 Å². The monoisotopic (exact) mass is 294 g/mol. The van der Waals surface area contributed by atoms with Crippen molar-refractivity contribution in [3.05, 3.63) is 33.8 Å². The number of alkyl halides is 1. The van der Waals surface area contributed by atoms with Crippen LogP contribution in [0.5, 0.6) is 0 Å². The molecule has 0 spiro atoms. The van der Waals surface area contributed by atoms with E-state index in [1.165, 1.54) is 5.56 Å². The van der Waals surface area contributed by atoms with Gasteiger partial charge < -0.3 is 0 Å². The average molecular weight is 296 g/mol. The largest absolute Gasteiger partial charge is 0.0921 e. The van der Waals surface area contributed by atoms with E-state index in [9.17, 15) is 0 Å². The minimum absolute atomic E-state index is 0.491. The number of benzene rings is 1. The third-order valence-corrected chi connectivity index (χ3v) is 3.57. The van der Waals surface area contributed by atoms with E-state index < -0.39 is 0 Å². The van der Waals surface area contributed by atoms with Crippen LogP contribution in [-0.2, 0) is 0 Å². The van der Waals surface area contributed by atoms with Crippen LogP contribution in [0.25, 0.3) is 0 Å². The Morgan fingerprint density at radius 1 is 1.36 bits per heavy atom. The zero-order valence-corrected chi connectivity index (χ0v) is 11.2. The standard InChI is InChI=1S/C11H13BrCl2/c1-2-3-8(7-12)10-5-4-9(13)6-11(10)14/h4-6,8H,2-3,7H2,1H3. The van der Waals surface area contributed by atoms with Gasteiger partial charge in [-0.1, -0.05) is 58.5 Å². The number of halogens is 3. The van der Waals surface area contributed by atoms with E-state index in [0.717, 1.165) is 23.2 Å². The molecule has 0 fully saturated rings. The molecular weight excluding hydrogens is 283 g/mol. The summed E-state index contributed by atoms with van der Waals surface area (Å²) in [6.07, 6.45) is 2.31. The van der Waals surface area contributed by atoms with E-state index in [2.05, 4.69) is 22.9 Å². The maximum absolute atomic E-state index is 6.13. The van der Waals surface area contributed by atoms with Crippen molar-refractivity contribution in [3.8, 4) is 0 Å². The first-order valence-corrected chi connectivity index (χ1v) is 6.57. The summed E-state index contributed by atoms with van der Waals surface area (Å²) in [6, 6.07) is 5.73. The topological polar surface area (TPSA) is 0 Å². The molecule has 0 nitrogen and oxygen atoms in total. The molecule has 0 aliphatic rings. The van der Waals surface area contributed by atoms with Crippen molar-refractivity contribution in [3.63, 3.8) is 0 Å². The molecule has 1 aromatic rings. The van der Waals surface area contributed by atoms with Crippen molar-refractivity contribution in [2.45, 2.75) is 25.7 Å². The van der Waals surface area contributed by atoms with Crippen LogP contribution in [0.2, 0.25) is 10.0 Å². The molecule has 1 atom stereocenters. The first-order valence-electron chi connectivity index (χ1n) is 4.70. The Hall–Kier alpha value is 0.280. The summed E-state index contributed by atoms with van der Waals surface area (Å²) in [6.45, 7) is 2.18. The van der Waals surface area contributed by atoms with Crippen molar-refractivity contribution in [1.82, 2.24) is 0 Å². The minimum atomic E-state index is 0.491. The van der Waals surface area contributed by atoms with E-state index in [1.807, 2.05) is 18.2 Å². The van der Waals surface area contributed by atoms with Gasteiger partial charge in [0.05, 0.1) is 0 Å². The lowest BCUT2D eigenvalue weighted by Gasteiger charge is -2.15. The summed E-state index contributed by atoms with van der Waals surface area (Å²) in [5.74, 6) is 0.491. The number of hydrogen-bond donors (Lipinski definition) is 0. The summed E-state index contributed by atoms with van der Waals surface area (Å²) in [5.41, 5.74) is 1.19. The van der Waals surface area contributed by atoms with Crippen LogP contribution >= 0.6 is 39.1 Å². The summed E-state index contributed by atoms with van der Waals surface area (Å²) in [7, 11) is 0. The fraction of sp³-hybridized carbons (Fsp3) is 0.455. The van der Waals surface area contributed by atoms with Crippen LogP contribution in [0, 0.1) is 0 Å². The van der Waals surface area contributed by atoms with E-state index in [-0.39, 0.29) is 0 Å². The molecule has 0 heterocycles. The predicted molar refractivity (Wildman–Crippen MR) is 67.9 cm³/mol. The first-order chi connectivity index (χ1) is 6.69. The molecule has 1 aromatic carbocycles. The van der Waals surface area contributed by atoms with Crippen molar-refractivity contribution in [2.75, 3.05) is 5.33 Å². The van der Waals surface area contributed by atoms with Crippen LogP contribution in [-0.4, -0.2) is 5.33 Å². The summed E-state index contributed by atoms with van der Waals surface area (Å²) >= 11 is 15.5. The molecular formula is C11H13BrCl2. The van der Waals surface area contributed by atoms with Crippen LogP contribution < -0.4 is 0 Å². The molecule has 0 saturated carbocycles. The van der Waals surface area contributed by atoms with Crippen molar-refractivity contribution in [2.24, 2.45) is 0 Å². The third-order valence-electron chi connectivity index (χ3n) is 2.23. The van der Waals surface area contributed by atoms with Crippen LogP contribution in [0.15, 0.2) is 18.2 Å². The van der Waals surface area contributed by atoms with E-state index in [0.29, 0.717) is 10.9 Å².